The predicted octanol–water partition coefficient (Wildman–Crippen LogP) is 4.91. The van der Waals surface area contributed by atoms with E-state index < -0.39 is 5.41 Å². The van der Waals surface area contributed by atoms with E-state index in [-0.39, 0.29) is 47.0 Å². The van der Waals surface area contributed by atoms with Gasteiger partial charge in [0.25, 0.3) is 0 Å². The Morgan fingerprint density at radius 1 is 1.03 bits per heavy atom. The lowest BCUT2D eigenvalue weighted by Gasteiger charge is -2.46. The molecule has 0 amide bonds. The highest BCUT2D eigenvalue weighted by Gasteiger charge is 2.53. The molecule has 5 atom stereocenters. The second-order valence-corrected chi connectivity index (χ2v) is 12.2. The molecule has 5 heteroatoms. The van der Waals surface area contributed by atoms with Gasteiger partial charge in [-0.2, -0.15) is 0 Å². The maximum Gasteiger partial charge on any atom is 0.312 e. The second kappa shape index (κ2) is 7.55. The Morgan fingerprint density at radius 2 is 1.72 bits per heavy atom. The molecule has 4 fully saturated rings. The molecule has 0 aromatic rings. The summed E-state index contributed by atoms with van der Waals surface area (Å²) in [6, 6.07) is 0. The monoisotopic (exact) mass is 408 g/mol. The highest BCUT2D eigenvalue weighted by Crippen LogP contribution is 2.51. The number of hydrogen-bond donors (Lipinski definition) is 0. The lowest BCUT2D eigenvalue weighted by atomic mass is 9.61. The highest BCUT2D eigenvalue weighted by atomic mass is 16.6. The summed E-state index contributed by atoms with van der Waals surface area (Å²) >= 11 is 0. The van der Waals surface area contributed by atoms with Gasteiger partial charge in [0.05, 0.1) is 23.5 Å². The van der Waals surface area contributed by atoms with Gasteiger partial charge in [-0.25, -0.2) is 0 Å². The first-order valence-corrected chi connectivity index (χ1v) is 11.2. The van der Waals surface area contributed by atoms with E-state index >= 15 is 0 Å². The van der Waals surface area contributed by atoms with E-state index in [4.69, 9.17) is 14.2 Å². The Kier molecular flexibility index (Phi) is 5.88. The molecule has 4 aliphatic rings. The summed E-state index contributed by atoms with van der Waals surface area (Å²) in [4.78, 5) is 25.3. The summed E-state index contributed by atoms with van der Waals surface area (Å²) in [5.41, 5.74) is -1.02. The van der Waals surface area contributed by atoms with Crippen molar-refractivity contribution in [1.29, 1.82) is 0 Å². The molecule has 2 saturated carbocycles. The Bertz CT molecular complexity index is 643. The molecule has 5 unspecified atom stereocenters. The van der Waals surface area contributed by atoms with Crippen molar-refractivity contribution in [2.24, 2.45) is 28.1 Å². The van der Waals surface area contributed by atoms with Gasteiger partial charge < -0.3 is 14.2 Å². The average Bonchev–Trinajstić information content (AvgIpc) is 2.70. The van der Waals surface area contributed by atoms with Crippen LogP contribution in [0.15, 0.2) is 0 Å². The quantitative estimate of drug-likeness (QED) is 0.462. The van der Waals surface area contributed by atoms with Crippen LogP contribution in [-0.2, 0) is 23.8 Å². The molecule has 2 heterocycles. The molecular formula is C24H40O5. The van der Waals surface area contributed by atoms with Crippen LogP contribution in [0, 0.1) is 28.1 Å². The van der Waals surface area contributed by atoms with Gasteiger partial charge in [0.15, 0.2) is 0 Å². The second-order valence-electron chi connectivity index (χ2n) is 12.2. The van der Waals surface area contributed by atoms with Crippen molar-refractivity contribution in [3.05, 3.63) is 0 Å². The Balaban J connectivity index is 1.57. The molecule has 0 aromatic carbocycles. The molecule has 0 aromatic heterocycles. The summed E-state index contributed by atoms with van der Waals surface area (Å²) in [6.07, 6.45) is 5.18. The van der Waals surface area contributed by atoms with Crippen LogP contribution in [0.25, 0.3) is 0 Å². The van der Waals surface area contributed by atoms with E-state index in [1.807, 2.05) is 6.92 Å². The summed E-state index contributed by atoms with van der Waals surface area (Å²) in [5.74, 6) is 0.291. The van der Waals surface area contributed by atoms with Crippen LogP contribution in [0.1, 0.15) is 87.0 Å². The Hall–Kier alpha value is -1.10. The van der Waals surface area contributed by atoms with Crippen molar-refractivity contribution < 1.29 is 23.8 Å². The molecule has 2 saturated heterocycles. The van der Waals surface area contributed by atoms with Gasteiger partial charge in [-0.1, -0.05) is 41.5 Å². The van der Waals surface area contributed by atoms with Gasteiger partial charge in [-0.15, -0.1) is 0 Å². The van der Waals surface area contributed by atoms with Crippen LogP contribution >= 0.6 is 0 Å². The van der Waals surface area contributed by atoms with Gasteiger partial charge in [-0.3, -0.25) is 9.59 Å². The number of rotatable bonds is 6. The molecule has 4 rings (SSSR count). The molecule has 2 aliphatic carbocycles. The molecule has 4 bridgehead atoms. The minimum atomic E-state index is -0.566. The molecule has 166 valence electrons. The maximum absolute atomic E-state index is 13.1. The number of ether oxygens (including phenoxy) is 3. The van der Waals surface area contributed by atoms with Crippen molar-refractivity contribution in [2.75, 3.05) is 13.2 Å². The van der Waals surface area contributed by atoms with Gasteiger partial charge in [0.1, 0.15) is 12.7 Å². The molecule has 0 radical (unpaired) electrons. The summed E-state index contributed by atoms with van der Waals surface area (Å²) in [6.45, 7) is 15.4. The topological polar surface area (TPSA) is 61.8 Å². The third-order valence-corrected chi connectivity index (χ3v) is 7.42. The lowest BCUT2D eigenvalue weighted by Crippen LogP contribution is -2.48. The van der Waals surface area contributed by atoms with Crippen molar-refractivity contribution in [3.63, 3.8) is 0 Å². The van der Waals surface area contributed by atoms with Crippen LogP contribution in [0.3, 0.4) is 0 Å². The van der Waals surface area contributed by atoms with Crippen LogP contribution in [-0.4, -0.2) is 36.9 Å². The van der Waals surface area contributed by atoms with Gasteiger partial charge in [0.2, 0.25) is 0 Å². The zero-order chi connectivity index (χ0) is 21.7. The van der Waals surface area contributed by atoms with E-state index in [0.29, 0.717) is 12.5 Å². The molecule has 29 heavy (non-hydrogen) atoms. The van der Waals surface area contributed by atoms with Crippen LogP contribution in [0.2, 0.25) is 0 Å². The van der Waals surface area contributed by atoms with E-state index in [1.54, 1.807) is 0 Å². The number of carbonyl (C=O) groups is 2. The molecule has 2 aliphatic heterocycles. The van der Waals surface area contributed by atoms with E-state index in [0.717, 1.165) is 38.5 Å². The van der Waals surface area contributed by atoms with Gasteiger partial charge in [-0.05, 0) is 55.8 Å². The molecule has 5 nitrogen and oxygen atoms in total. The van der Waals surface area contributed by atoms with Gasteiger partial charge in [0, 0.05) is 6.42 Å². The van der Waals surface area contributed by atoms with Crippen molar-refractivity contribution >= 4 is 11.9 Å². The zero-order valence-corrected chi connectivity index (χ0v) is 19.4. The standard InChI is InChI=1S/C24H40O5/c1-21(2,3)15-23(7,22(4,5)6)20(26)27-8-9-28-24-12-16-10-17(13-24)19(25)29-18(11-16)14-24/h16-18H,8-15H2,1-7H3. The van der Waals surface area contributed by atoms with E-state index in [2.05, 4.69) is 41.5 Å². The van der Waals surface area contributed by atoms with E-state index in [9.17, 15) is 9.59 Å². The number of fused-ring (bicyclic) bond motifs is 1. The van der Waals surface area contributed by atoms with Crippen molar-refractivity contribution in [3.8, 4) is 0 Å². The van der Waals surface area contributed by atoms with E-state index in [1.165, 1.54) is 0 Å². The predicted molar refractivity (Wildman–Crippen MR) is 111 cm³/mol. The Morgan fingerprint density at radius 3 is 2.34 bits per heavy atom. The number of carbonyl (C=O) groups excluding carboxylic acids is 2. The Labute approximate surface area is 176 Å². The van der Waals surface area contributed by atoms with Crippen molar-refractivity contribution in [1.82, 2.24) is 0 Å². The first-order chi connectivity index (χ1) is 13.2. The number of hydrogen-bond acceptors (Lipinski definition) is 5. The first-order valence-electron chi connectivity index (χ1n) is 11.2. The summed E-state index contributed by atoms with van der Waals surface area (Å²) in [5, 5.41) is 0. The maximum atomic E-state index is 13.1. The number of esters is 2. The third kappa shape index (κ3) is 4.81. The molecular weight excluding hydrogens is 368 g/mol. The molecule has 0 N–H and O–H groups in total. The SMILES string of the molecule is CC(C)(C)CC(C)(C(=O)OCCOC12CC3CC(C1)OC(=O)C(C3)C2)C(C)(C)C. The van der Waals surface area contributed by atoms with Crippen LogP contribution in [0.5, 0.6) is 0 Å². The average molecular weight is 409 g/mol. The minimum absolute atomic E-state index is 0.00716. The summed E-state index contributed by atoms with van der Waals surface area (Å²) in [7, 11) is 0. The highest BCUT2D eigenvalue weighted by molar-refractivity contribution is 5.77. The largest absolute Gasteiger partial charge is 0.463 e. The fraction of sp³-hybridized carbons (Fsp3) is 0.917. The third-order valence-electron chi connectivity index (χ3n) is 7.42. The normalized spacial score (nSPS) is 33.8. The van der Waals surface area contributed by atoms with Gasteiger partial charge >= 0.3 is 11.9 Å². The summed E-state index contributed by atoms with van der Waals surface area (Å²) < 4.78 is 17.7. The first kappa shape index (κ1) is 22.6. The lowest BCUT2D eigenvalue weighted by molar-refractivity contribution is -0.172. The van der Waals surface area contributed by atoms with Crippen LogP contribution < -0.4 is 0 Å². The zero-order valence-electron chi connectivity index (χ0n) is 19.4. The molecule has 0 spiro atoms. The van der Waals surface area contributed by atoms with Crippen LogP contribution in [0.4, 0.5) is 0 Å². The minimum Gasteiger partial charge on any atom is -0.463 e. The fourth-order valence-corrected chi connectivity index (χ4v) is 5.81. The van der Waals surface area contributed by atoms with Crippen molar-refractivity contribution in [2.45, 2.75) is 98.7 Å². The fourth-order valence-electron chi connectivity index (χ4n) is 5.81. The smallest absolute Gasteiger partial charge is 0.312 e.